The molecule has 1 aliphatic heterocycles. The van der Waals surface area contributed by atoms with E-state index in [1.165, 1.54) is 0 Å². The Morgan fingerprint density at radius 1 is 1.42 bits per heavy atom. The topological polar surface area (TPSA) is 80.6 Å². The number of hydrogen-bond donors (Lipinski definition) is 2. The molecule has 24 heavy (non-hydrogen) atoms. The number of anilines is 1. The highest BCUT2D eigenvalue weighted by atomic mass is 16.6. The van der Waals surface area contributed by atoms with Crippen LogP contribution in [0.5, 0.6) is 0 Å². The minimum absolute atomic E-state index is 0.256. The van der Waals surface area contributed by atoms with Gasteiger partial charge in [0.05, 0.1) is 12.6 Å². The summed E-state index contributed by atoms with van der Waals surface area (Å²) < 4.78 is 11.5. The van der Waals surface area contributed by atoms with E-state index in [1.54, 1.807) is 4.90 Å². The van der Waals surface area contributed by atoms with E-state index in [4.69, 9.17) is 15.2 Å². The van der Waals surface area contributed by atoms with Crippen molar-refractivity contribution in [1.82, 2.24) is 9.88 Å². The predicted molar refractivity (Wildman–Crippen MR) is 93.6 cm³/mol. The zero-order valence-corrected chi connectivity index (χ0v) is 14.8. The highest BCUT2D eigenvalue weighted by Crippen LogP contribution is 2.41. The molecule has 1 aromatic heterocycles. The molecule has 1 aliphatic rings. The minimum Gasteiger partial charge on any atom is -0.444 e. The Kier molecular flexibility index (Phi) is 3.75. The number of H-pyrrole nitrogens is 1. The molecule has 0 spiro atoms. The summed E-state index contributed by atoms with van der Waals surface area (Å²) in [6.07, 6.45) is 1.51. The number of aromatic nitrogens is 1. The number of fused-ring (bicyclic) bond motifs is 1. The smallest absolute Gasteiger partial charge is 0.413 e. The molecule has 2 heterocycles. The monoisotopic (exact) mass is 331 g/mol. The molecule has 6 nitrogen and oxygen atoms in total. The average molecular weight is 331 g/mol. The molecule has 0 radical (unpaired) electrons. The van der Waals surface area contributed by atoms with Crippen LogP contribution < -0.4 is 5.73 Å². The van der Waals surface area contributed by atoms with Crippen molar-refractivity contribution in [2.45, 2.75) is 52.0 Å². The Morgan fingerprint density at radius 2 is 2.12 bits per heavy atom. The largest absolute Gasteiger partial charge is 0.444 e. The first-order valence-corrected chi connectivity index (χ1v) is 8.12. The van der Waals surface area contributed by atoms with Gasteiger partial charge in [-0.1, -0.05) is 6.07 Å². The summed E-state index contributed by atoms with van der Waals surface area (Å²) in [4.78, 5) is 17.7. The van der Waals surface area contributed by atoms with Crippen molar-refractivity contribution in [2.75, 3.05) is 12.3 Å². The molecule has 130 valence electrons. The molecule has 0 aliphatic carbocycles. The third kappa shape index (κ3) is 2.82. The molecule has 3 N–H and O–H groups in total. The lowest BCUT2D eigenvalue weighted by Gasteiger charge is -2.35. The summed E-state index contributed by atoms with van der Waals surface area (Å²) in [5, 5.41) is 0.928. The third-order valence-electron chi connectivity index (χ3n) is 4.20. The number of nitrogens with two attached hydrogens (primary N) is 1. The van der Waals surface area contributed by atoms with Gasteiger partial charge in [0.15, 0.2) is 0 Å². The van der Waals surface area contributed by atoms with Gasteiger partial charge in [-0.3, -0.25) is 4.90 Å². The summed E-state index contributed by atoms with van der Waals surface area (Å²) in [6, 6.07) is 5.47. The van der Waals surface area contributed by atoms with Crippen LogP contribution in [0.4, 0.5) is 10.5 Å². The Bertz CT molecular complexity index is 773. The number of hydrogen-bond acceptors (Lipinski definition) is 4. The lowest BCUT2D eigenvalue weighted by Crippen LogP contribution is -2.47. The van der Waals surface area contributed by atoms with E-state index in [1.807, 2.05) is 59.0 Å². The molecular formula is C18H25N3O3. The summed E-state index contributed by atoms with van der Waals surface area (Å²) in [5.74, 6) is 0. The van der Waals surface area contributed by atoms with Crippen LogP contribution in [0.3, 0.4) is 0 Å². The van der Waals surface area contributed by atoms with Gasteiger partial charge in [-0.15, -0.1) is 0 Å². The SMILES string of the molecule is CC(C)(C)OC(=O)N1[C@@H](c2c[nH]c3cccc(N)c23)COC1(C)C. The van der Waals surface area contributed by atoms with Crippen molar-refractivity contribution in [2.24, 2.45) is 0 Å². The zero-order valence-electron chi connectivity index (χ0n) is 14.8. The van der Waals surface area contributed by atoms with E-state index in [0.717, 1.165) is 16.5 Å². The normalized spacial score (nSPS) is 20.5. The lowest BCUT2D eigenvalue weighted by molar-refractivity contribution is -0.0625. The maximum absolute atomic E-state index is 12.8. The van der Waals surface area contributed by atoms with Crippen LogP contribution in [0.2, 0.25) is 0 Å². The maximum Gasteiger partial charge on any atom is 0.413 e. The number of nitrogen functional groups attached to an aromatic ring is 1. The highest BCUT2D eigenvalue weighted by molar-refractivity contribution is 5.94. The van der Waals surface area contributed by atoms with E-state index < -0.39 is 11.3 Å². The fraction of sp³-hybridized carbons (Fsp3) is 0.500. The molecule has 1 atom stereocenters. The summed E-state index contributed by atoms with van der Waals surface area (Å²) in [7, 11) is 0. The number of amides is 1. The molecule has 2 aromatic rings. The van der Waals surface area contributed by atoms with Gasteiger partial charge < -0.3 is 20.2 Å². The maximum atomic E-state index is 12.8. The van der Waals surface area contributed by atoms with Crippen molar-refractivity contribution in [1.29, 1.82) is 0 Å². The number of nitrogens with zero attached hydrogens (tertiary/aromatic N) is 1. The minimum atomic E-state index is -0.750. The van der Waals surface area contributed by atoms with Gasteiger partial charge in [0.25, 0.3) is 0 Å². The molecular weight excluding hydrogens is 306 g/mol. The summed E-state index contributed by atoms with van der Waals surface area (Å²) in [6.45, 7) is 9.70. The Morgan fingerprint density at radius 3 is 2.79 bits per heavy atom. The van der Waals surface area contributed by atoms with Gasteiger partial charge in [0.2, 0.25) is 0 Å². The molecule has 3 rings (SSSR count). The number of rotatable bonds is 1. The van der Waals surface area contributed by atoms with Crippen LogP contribution in [-0.4, -0.2) is 33.9 Å². The molecule has 0 saturated carbocycles. The fourth-order valence-electron chi connectivity index (χ4n) is 3.19. The standard InChI is InChI=1S/C18H25N3O3/c1-17(2,3)24-16(22)21-14(10-23-18(21,4)5)11-9-20-13-8-6-7-12(19)15(11)13/h6-9,14,20H,10,19H2,1-5H3/t14-/m1/s1. The Balaban J connectivity index is 2.04. The molecule has 0 unspecified atom stereocenters. The van der Waals surface area contributed by atoms with Gasteiger partial charge in [-0.2, -0.15) is 0 Å². The van der Waals surface area contributed by atoms with Crippen LogP contribution >= 0.6 is 0 Å². The van der Waals surface area contributed by atoms with E-state index in [-0.39, 0.29) is 12.1 Å². The number of carbonyl (C=O) groups excluding carboxylic acids is 1. The van der Waals surface area contributed by atoms with Crippen LogP contribution in [0.15, 0.2) is 24.4 Å². The first kappa shape index (κ1) is 16.6. The van der Waals surface area contributed by atoms with Crippen molar-refractivity contribution < 1.29 is 14.3 Å². The van der Waals surface area contributed by atoms with E-state index >= 15 is 0 Å². The fourth-order valence-corrected chi connectivity index (χ4v) is 3.19. The van der Waals surface area contributed by atoms with Gasteiger partial charge in [0, 0.05) is 28.4 Å². The molecule has 1 aromatic carbocycles. The molecule has 1 amide bonds. The first-order chi connectivity index (χ1) is 11.1. The predicted octanol–water partition coefficient (Wildman–Crippen LogP) is 3.79. The third-order valence-corrected chi connectivity index (χ3v) is 4.20. The quantitative estimate of drug-likeness (QED) is 0.779. The molecule has 6 heteroatoms. The summed E-state index contributed by atoms with van der Waals surface area (Å²) in [5.41, 5.74) is 7.41. The van der Waals surface area contributed by atoms with Crippen molar-refractivity contribution in [3.05, 3.63) is 30.0 Å². The van der Waals surface area contributed by atoms with E-state index in [0.29, 0.717) is 12.3 Å². The van der Waals surface area contributed by atoms with Crippen LogP contribution in [-0.2, 0) is 9.47 Å². The number of carbonyl (C=O) groups is 1. The molecule has 1 fully saturated rings. The summed E-state index contributed by atoms with van der Waals surface area (Å²) >= 11 is 0. The number of benzene rings is 1. The van der Waals surface area contributed by atoms with Gasteiger partial charge in [-0.05, 0) is 46.8 Å². The molecule has 1 saturated heterocycles. The number of nitrogens with one attached hydrogen (secondary N) is 1. The van der Waals surface area contributed by atoms with Crippen LogP contribution in [0.25, 0.3) is 10.9 Å². The zero-order chi connectivity index (χ0) is 17.7. The second kappa shape index (κ2) is 5.41. The second-order valence-corrected chi connectivity index (χ2v) is 7.64. The highest BCUT2D eigenvalue weighted by Gasteiger charge is 2.47. The molecule has 0 bridgehead atoms. The van der Waals surface area contributed by atoms with Gasteiger partial charge in [-0.25, -0.2) is 4.79 Å². The second-order valence-electron chi connectivity index (χ2n) is 7.64. The van der Waals surface area contributed by atoms with E-state index in [9.17, 15) is 4.79 Å². The van der Waals surface area contributed by atoms with Crippen LogP contribution in [0.1, 0.15) is 46.2 Å². The number of ether oxygens (including phenoxy) is 2. The van der Waals surface area contributed by atoms with Crippen LogP contribution in [0, 0.1) is 0 Å². The number of aromatic amines is 1. The van der Waals surface area contributed by atoms with Crippen molar-refractivity contribution in [3.8, 4) is 0 Å². The Hall–Kier alpha value is -2.21. The van der Waals surface area contributed by atoms with Crippen molar-refractivity contribution in [3.63, 3.8) is 0 Å². The van der Waals surface area contributed by atoms with Crippen molar-refractivity contribution >= 4 is 22.7 Å². The van der Waals surface area contributed by atoms with E-state index in [2.05, 4.69) is 4.98 Å². The van der Waals surface area contributed by atoms with Gasteiger partial charge >= 0.3 is 6.09 Å². The average Bonchev–Trinajstić information content (AvgIpc) is 2.98. The Labute approximate surface area is 141 Å². The first-order valence-electron chi connectivity index (χ1n) is 8.12. The lowest BCUT2D eigenvalue weighted by atomic mass is 10.0. The van der Waals surface area contributed by atoms with Gasteiger partial charge in [0.1, 0.15) is 11.3 Å².